The minimum Gasteiger partial charge on any atom is -0.309 e. The summed E-state index contributed by atoms with van der Waals surface area (Å²) in [5.41, 5.74) is 0. The first-order valence-electron chi connectivity index (χ1n) is 5.25. The lowest BCUT2D eigenvalue weighted by molar-refractivity contribution is 0.577. The molecule has 6 heteroatoms. The molecule has 2 heterocycles. The first-order valence-corrected chi connectivity index (χ1v) is 6.07. The number of hydrogen-bond acceptors (Lipinski definition) is 5. The van der Waals surface area contributed by atoms with Gasteiger partial charge in [-0.25, -0.2) is 9.97 Å². The van der Waals surface area contributed by atoms with Crippen molar-refractivity contribution in [3.05, 3.63) is 28.2 Å². The number of hydrogen-bond donors (Lipinski definition) is 2. The van der Waals surface area contributed by atoms with Gasteiger partial charge in [0, 0.05) is 30.1 Å². The zero-order valence-electron chi connectivity index (χ0n) is 9.40. The molecule has 0 fully saturated rings. The Morgan fingerprint density at radius 3 is 3.00 bits per heavy atom. The van der Waals surface area contributed by atoms with Gasteiger partial charge in [0.1, 0.15) is 12.2 Å². The van der Waals surface area contributed by atoms with E-state index in [0.29, 0.717) is 6.04 Å². The lowest BCUT2D eigenvalue weighted by Crippen LogP contribution is -2.21. The second-order valence-electron chi connectivity index (χ2n) is 3.64. The average molecular weight is 237 g/mol. The van der Waals surface area contributed by atoms with E-state index in [-0.39, 0.29) is 0 Å². The molecule has 0 saturated carbocycles. The molecule has 0 bridgehead atoms. The van der Waals surface area contributed by atoms with Gasteiger partial charge in [-0.1, -0.05) is 0 Å². The van der Waals surface area contributed by atoms with Crippen LogP contribution in [0, 0.1) is 6.92 Å². The minimum atomic E-state index is 0.342. The maximum absolute atomic E-state index is 4.25. The van der Waals surface area contributed by atoms with E-state index in [2.05, 4.69) is 32.4 Å². The molecule has 0 amide bonds. The Balaban J connectivity index is 1.78. The van der Waals surface area contributed by atoms with Crippen molar-refractivity contribution < 1.29 is 0 Å². The summed E-state index contributed by atoms with van der Waals surface area (Å²) >= 11 is 1.73. The van der Waals surface area contributed by atoms with Gasteiger partial charge in [-0.15, -0.1) is 11.3 Å². The highest BCUT2D eigenvalue weighted by Crippen LogP contribution is 2.19. The monoisotopic (exact) mass is 237 g/mol. The smallest absolute Gasteiger partial charge is 0.137 e. The zero-order chi connectivity index (χ0) is 11.4. The molecule has 0 saturated heterocycles. The summed E-state index contributed by atoms with van der Waals surface area (Å²) in [5, 5.41) is 11.2. The molecule has 0 spiro atoms. The van der Waals surface area contributed by atoms with Gasteiger partial charge in [0.15, 0.2) is 0 Å². The largest absolute Gasteiger partial charge is 0.309 e. The van der Waals surface area contributed by atoms with Crippen molar-refractivity contribution in [3.8, 4) is 0 Å². The fraction of sp³-hybridized carbons (Fsp3) is 0.500. The molecule has 86 valence electrons. The van der Waals surface area contributed by atoms with E-state index in [1.54, 1.807) is 11.3 Å². The molecule has 0 aliphatic heterocycles. The Labute approximate surface area is 98.3 Å². The summed E-state index contributed by atoms with van der Waals surface area (Å²) < 4.78 is 0. The average Bonchev–Trinajstić information content (AvgIpc) is 2.89. The van der Waals surface area contributed by atoms with Crippen LogP contribution in [0.15, 0.2) is 12.5 Å². The van der Waals surface area contributed by atoms with Gasteiger partial charge in [-0.05, 0) is 13.8 Å². The number of H-pyrrole nitrogens is 1. The fourth-order valence-electron chi connectivity index (χ4n) is 1.44. The van der Waals surface area contributed by atoms with Crippen LogP contribution in [-0.2, 0) is 6.42 Å². The lowest BCUT2D eigenvalue weighted by atomic mass is 10.3. The summed E-state index contributed by atoms with van der Waals surface area (Å²) in [5.74, 6) is 0.917. The van der Waals surface area contributed by atoms with Crippen molar-refractivity contribution in [1.82, 2.24) is 25.5 Å². The summed E-state index contributed by atoms with van der Waals surface area (Å²) in [6, 6.07) is 0.342. The van der Waals surface area contributed by atoms with Gasteiger partial charge >= 0.3 is 0 Å². The molecule has 0 radical (unpaired) electrons. The van der Waals surface area contributed by atoms with Crippen LogP contribution in [0.25, 0.3) is 0 Å². The van der Waals surface area contributed by atoms with E-state index in [1.807, 2.05) is 13.1 Å². The van der Waals surface area contributed by atoms with Crippen LogP contribution in [-0.4, -0.2) is 26.7 Å². The third-order valence-electron chi connectivity index (χ3n) is 2.34. The Morgan fingerprint density at radius 2 is 2.38 bits per heavy atom. The standard InChI is InChI=1S/C10H15N5S/c1-7(9-5-12-8(2)16-9)11-4-3-10-13-6-14-15-10/h5-7,11H,3-4H2,1-2H3,(H,13,14,15). The van der Waals surface area contributed by atoms with Gasteiger partial charge in [-0.2, -0.15) is 5.10 Å². The van der Waals surface area contributed by atoms with Gasteiger partial charge in [0.05, 0.1) is 5.01 Å². The summed E-state index contributed by atoms with van der Waals surface area (Å²) in [6.45, 7) is 5.05. The molecule has 2 aromatic heterocycles. The van der Waals surface area contributed by atoms with Crippen molar-refractivity contribution in [1.29, 1.82) is 0 Å². The fourth-order valence-corrected chi connectivity index (χ4v) is 2.25. The SMILES string of the molecule is Cc1ncc(C(C)NCCc2ncn[nH]2)s1. The molecule has 0 aliphatic carbocycles. The van der Waals surface area contributed by atoms with Gasteiger partial charge < -0.3 is 5.32 Å². The van der Waals surface area contributed by atoms with Crippen LogP contribution in [0.1, 0.15) is 28.7 Å². The number of aromatic amines is 1. The summed E-state index contributed by atoms with van der Waals surface area (Å²) in [7, 11) is 0. The number of rotatable bonds is 5. The predicted molar refractivity (Wildman–Crippen MR) is 63.4 cm³/mol. The topological polar surface area (TPSA) is 66.5 Å². The van der Waals surface area contributed by atoms with E-state index in [0.717, 1.165) is 23.8 Å². The molecule has 0 aliphatic rings. The molecule has 1 unspecified atom stereocenters. The highest BCUT2D eigenvalue weighted by molar-refractivity contribution is 7.11. The molecule has 16 heavy (non-hydrogen) atoms. The molecule has 2 N–H and O–H groups in total. The third kappa shape index (κ3) is 2.86. The molecule has 2 rings (SSSR count). The molecular formula is C10H15N5S. The Bertz CT molecular complexity index is 422. The highest BCUT2D eigenvalue weighted by atomic mass is 32.1. The zero-order valence-corrected chi connectivity index (χ0v) is 10.2. The first-order chi connectivity index (χ1) is 7.75. The van der Waals surface area contributed by atoms with Crippen molar-refractivity contribution >= 4 is 11.3 Å². The highest BCUT2D eigenvalue weighted by Gasteiger charge is 2.07. The van der Waals surface area contributed by atoms with Crippen molar-refractivity contribution in [2.75, 3.05) is 6.54 Å². The third-order valence-corrected chi connectivity index (χ3v) is 3.44. The molecule has 5 nitrogen and oxygen atoms in total. The quantitative estimate of drug-likeness (QED) is 0.826. The van der Waals surface area contributed by atoms with Crippen LogP contribution in [0.2, 0.25) is 0 Å². The maximum Gasteiger partial charge on any atom is 0.137 e. The van der Waals surface area contributed by atoms with Crippen LogP contribution >= 0.6 is 11.3 Å². The van der Waals surface area contributed by atoms with E-state index in [4.69, 9.17) is 0 Å². The molecule has 0 aromatic carbocycles. The van der Waals surface area contributed by atoms with Crippen LogP contribution in [0.3, 0.4) is 0 Å². The predicted octanol–water partition coefficient (Wildman–Crippen LogP) is 1.46. The summed E-state index contributed by atoms with van der Waals surface area (Å²) in [6.07, 6.45) is 4.33. The maximum atomic E-state index is 4.25. The molecular weight excluding hydrogens is 222 g/mol. The number of aromatic nitrogens is 4. The number of nitrogens with one attached hydrogen (secondary N) is 2. The number of aryl methyl sites for hydroxylation is 1. The Morgan fingerprint density at radius 1 is 1.50 bits per heavy atom. The van der Waals surface area contributed by atoms with Crippen LogP contribution < -0.4 is 5.32 Å². The van der Waals surface area contributed by atoms with E-state index >= 15 is 0 Å². The van der Waals surface area contributed by atoms with Crippen LogP contribution in [0.5, 0.6) is 0 Å². The Hall–Kier alpha value is -1.27. The van der Waals surface area contributed by atoms with E-state index in [1.165, 1.54) is 11.2 Å². The Kier molecular flexibility index (Phi) is 3.63. The second kappa shape index (κ2) is 5.18. The minimum absolute atomic E-state index is 0.342. The lowest BCUT2D eigenvalue weighted by Gasteiger charge is -2.10. The second-order valence-corrected chi connectivity index (χ2v) is 4.91. The first kappa shape index (κ1) is 11.2. The van der Waals surface area contributed by atoms with Gasteiger partial charge in [-0.3, -0.25) is 5.10 Å². The number of nitrogens with zero attached hydrogens (tertiary/aromatic N) is 3. The summed E-state index contributed by atoms with van der Waals surface area (Å²) in [4.78, 5) is 9.59. The molecule has 1 atom stereocenters. The molecule has 2 aromatic rings. The van der Waals surface area contributed by atoms with E-state index in [9.17, 15) is 0 Å². The van der Waals surface area contributed by atoms with Gasteiger partial charge in [0.25, 0.3) is 0 Å². The van der Waals surface area contributed by atoms with Crippen molar-refractivity contribution in [2.45, 2.75) is 26.3 Å². The van der Waals surface area contributed by atoms with Crippen molar-refractivity contribution in [2.24, 2.45) is 0 Å². The van der Waals surface area contributed by atoms with Crippen molar-refractivity contribution in [3.63, 3.8) is 0 Å². The van der Waals surface area contributed by atoms with E-state index < -0.39 is 0 Å². The normalized spacial score (nSPS) is 12.9. The van der Waals surface area contributed by atoms with Crippen LogP contribution in [0.4, 0.5) is 0 Å². The van der Waals surface area contributed by atoms with Gasteiger partial charge in [0.2, 0.25) is 0 Å². The number of thiazole rings is 1.